The highest BCUT2D eigenvalue weighted by molar-refractivity contribution is 6.31. The molecule has 120 valence electrons. The van der Waals surface area contributed by atoms with E-state index in [0.29, 0.717) is 6.54 Å². The molecule has 0 fully saturated rings. The highest BCUT2D eigenvalue weighted by Gasteiger charge is 2.12. The molecule has 0 spiro atoms. The van der Waals surface area contributed by atoms with Crippen molar-refractivity contribution in [3.05, 3.63) is 52.9 Å². The van der Waals surface area contributed by atoms with Crippen molar-refractivity contribution in [2.45, 2.75) is 33.2 Å². The Balaban J connectivity index is 1.99. The fourth-order valence-electron chi connectivity index (χ4n) is 2.67. The highest BCUT2D eigenvalue weighted by Crippen LogP contribution is 2.24. The van der Waals surface area contributed by atoms with Crippen molar-refractivity contribution >= 4 is 28.5 Å². The van der Waals surface area contributed by atoms with Crippen LogP contribution in [0.1, 0.15) is 31.2 Å². The van der Waals surface area contributed by atoms with Crippen LogP contribution in [0.4, 0.5) is 5.82 Å². The Labute approximate surface area is 141 Å². The molecule has 0 atom stereocenters. The predicted molar refractivity (Wildman–Crippen MR) is 96.2 cm³/mol. The van der Waals surface area contributed by atoms with Crippen LogP contribution in [0.25, 0.3) is 11.0 Å². The largest absolute Gasteiger partial charge is 0.368 e. The summed E-state index contributed by atoms with van der Waals surface area (Å²) in [5, 5.41) is 4.23. The maximum atomic E-state index is 6.30. The Kier molecular flexibility index (Phi) is 4.82. The molecule has 1 N–H and O–H groups in total. The molecular weight excluding hydrogens is 308 g/mol. The summed E-state index contributed by atoms with van der Waals surface area (Å²) in [5.41, 5.74) is 3.09. The van der Waals surface area contributed by atoms with Crippen LogP contribution < -0.4 is 5.32 Å². The van der Waals surface area contributed by atoms with Gasteiger partial charge in [-0.3, -0.25) is 0 Å². The molecule has 2 aromatic heterocycles. The van der Waals surface area contributed by atoms with Crippen molar-refractivity contribution in [3.63, 3.8) is 0 Å². The van der Waals surface area contributed by atoms with Crippen molar-refractivity contribution in [1.29, 1.82) is 0 Å². The third kappa shape index (κ3) is 3.48. The zero-order valence-corrected chi connectivity index (χ0v) is 14.3. The van der Waals surface area contributed by atoms with E-state index in [1.54, 1.807) is 0 Å². The molecule has 0 aliphatic carbocycles. The van der Waals surface area contributed by atoms with E-state index in [0.717, 1.165) is 52.6 Å². The van der Waals surface area contributed by atoms with E-state index in [2.05, 4.69) is 26.8 Å². The third-order valence-corrected chi connectivity index (χ3v) is 4.21. The van der Waals surface area contributed by atoms with Crippen LogP contribution in [-0.2, 0) is 6.54 Å². The van der Waals surface area contributed by atoms with Crippen LogP contribution in [0.15, 0.2) is 36.5 Å². The topological polar surface area (TPSA) is 42.7 Å². The van der Waals surface area contributed by atoms with Gasteiger partial charge in [-0.15, -0.1) is 0 Å². The molecule has 23 heavy (non-hydrogen) atoms. The van der Waals surface area contributed by atoms with Gasteiger partial charge in [0.2, 0.25) is 0 Å². The number of rotatable bonds is 6. The summed E-state index contributed by atoms with van der Waals surface area (Å²) < 4.78 is 2.16. The molecule has 3 rings (SSSR count). The van der Waals surface area contributed by atoms with E-state index < -0.39 is 0 Å². The van der Waals surface area contributed by atoms with Gasteiger partial charge in [-0.25, -0.2) is 9.97 Å². The molecule has 0 saturated carbocycles. The van der Waals surface area contributed by atoms with Crippen molar-refractivity contribution < 1.29 is 0 Å². The summed E-state index contributed by atoms with van der Waals surface area (Å²) in [6.45, 7) is 5.73. The van der Waals surface area contributed by atoms with Gasteiger partial charge in [0.05, 0.1) is 5.52 Å². The summed E-state index contributed by atoms with van der Waals surface area (Å²) in [4.78, 5) is 9.14. The number of nitrogens with zero attached hydrogens (tertiary/aromatic N) is 3. The summed E-state index contributed by atoms with van der Waals surface area (Å²) >= 11 is 6.30. The molecule has 2 heterocycles. The van der Waals surface area contributed by atoms with Gasteiger partial charge in [0.15, 0.2) is 5.82 Å². The summed E-state index contributed by atoms with van der Waals surface area (Å²) in [5.74, 6) is 1.69. The van der Waals surface area contributed by atoms with Gasteiger partial charge in [0, 0.05) is 24.3 Å². The smallest absolute Gasteiger partial charge is 0.154 e. The van der Waals surface area contributed by atoms with Gasteiger partial charge >= 0.3 is 0 Å². The summed E-state index contributed by atoms with van der Waals surface area (Å²) in [7, 11) is 0. The number of aromatic nitrogens is 3. The van der Waals surface area contributed by atoms with Crippen LogP contribution in [0, 0.1) is 6.92 Å². The minimum atomic E-state index is 0.706. The van der Waals surface area contributed by atoms with E-state index in [4.69, 9.17) is 11.6 Å². The maximum Gasteiger partial charge on any atom is 0.154 e. The second kappa shape index (κ2) is 7.01. The predicted octanol–water partition coefficient (Wildman–Crippen LogP) is 4.65. The lowest BCUT2D eigenvalue weighted by molar-refractivity contribution is 0.818. The van der Waals surface area contributed by atoms with Crippen molar-refractivity contribution in [2.75, 3.05) is 11.9 Å². The monoisotopic (exact) mass is 328 g/mol. The van der Waals surface area contributed by atoms with Gasteiger partial charge in [-0.2, -0.15) is 0 Å². The lowest BCUT2D eigenvalue weighted by atomic mass is 10.2. The molecule has 4 nitrogen and oxygen atoms in total. The quantitative estimate of drug-likeness (QED) is 0.669. The number of benzene rings is 1. The Morgan fingerprint density at radius 1 is 1.17 bits per heavy atom. The first kappa shape index (κ1) is 15.8. The molecule has 3 aromatic rings. The first-order valence-electron chi connectivity index (χ1n) is 8.00. The third-order valence-electron chi connectivity index (χ3n) is 3.84. The number of hydrogen-bond acceptors (Lipinski definition) is 3. The zero-order valence-electron chi connectivity index (χ0n) is 13.5. The van der Waals surface area contributed by atoms with Crippen LogP contribution >= 0.6 is 11.6 Å². The average Bonchev–Trinajstić information content (AvgIpc) is 2.92. The number of fused-ring (bicyclic) bond motifs is 1. The molecule has 0 aliphatic heterocycles. The minimum Gasteiger partial charge on any atom is -0.368 e. The summed E-state index contributed by atoms with van der Waals surface area (Å²) in [6, 6.07) is 9.96. The van der Waals surface area contributed by atoms with Crippen LogP contribution in [-0.4, -0.2) is 21.1 Å². The van der Waals surface area contributed by atoms with Gasteiger partial charge < -0.3 is 9.88 Å². The molecule has 0 saturated heterocycles. The van der Waals surface area contributed by atoms with E-state index in [1.807, 2.05) is 43.5 Å². The number of hydrogen-bond donors (Lipinski definition) is 1. The van der Waals surface area contributed by atoms with Gasteiger partial charge in [-0.05, 0) is 31.0 Å². The van der Waals surface area contributed by atoms with Crippen molar-refractivity contribution in [1.82, 2.24) is 14.5 Å². The van der Waals surface area contributed by atoms with E-state index in [9.17, 15) is 0 Å². The van der Waals surface area contributed by atoms with Crippen molar-refractivity contribution in [2.24, 2.45) is 0 Å². The van der Waals surface area contributed by atoms with Gasteiger partial charge in [0.25, 0.3) is 0 Å². The normalized spacial score (nSPS) is 11.1. The Hall–Kier alpha value is -2.07. The highest BCUT2D eigenvalue weighted by atomic mass is 35.5. The average molecular weight is 329 g/mol. The Morgan fingerprint density at radius 2 is 2.00 bits per heavy atom. The maximum absolute atomic E-state index is 6.30. The lowest BCUT2D eigenvalue weighted by Gasteiger charge is -2.12. The molecule has 0 radical (unpaired) electrons. The lowest BCUT2D eigenvalue weighted by Crippen LogP contribution is -2.08. The van der Waals surface area contributed by atoms with E-state index >= 15 is 0 Å². The fraction of sp³-hybridized carbons (Fsp3) is 0.333. The molecule has 5 heteroatoms. The first-order valence-corrected chi connectivity index (χ1v) is 8.37. The second-order valence-corrected chi connectivity index (χ2v) is 6.08. The van der Waals surface area contributed by atoms with Crippen molar-refractivity contribution in [3.8, 4) is 0 Å². The van der Waals surface area contributed by atoms with E-state index in [-0.39, 0.29) is 0 Å². The Bertz CT molecular complexity index is 810. The molecular formula is C18H21ClN4. The number of anilines is 1. The molecule has 0 aliphatic rings. The first-order chi connectivity index (χ1) is 11.2. The number of unbranched alkanes of at least 4 members (excludes halogenated alkanes) is 1. The number of aryl methyl sites for hydroxylation is 1. The fourth-order valence-corrected chi connectivity index (χ4v) is 2.87. The van der Waals surface area contributed by atoms with Crippen LogP contribution in [0.2, 0.25) is 5.02 Å². The number of halogens is 1. The minimum absolute atomic E-state index is 0.706. The Morgan fingerprint density at radius 3 is 2.78 bits per heavy atom. The number of nitrogens with one attached hydrogen (secondary N) is 1. The molecule has 0 amide bonds. The standard InChI is InChI=1S/C18H21ClN4/c1-3-4-10-20-18-17-16(21-13(2)22-18)9-11-23(17)12-14-7-5-6-8-15(14)19/h5-9,11H,3-4,10,12H2,1-2H3,(H,20,21,22). The molecule has 1 aromatic carbocycles. The van der Waals surface area contributed by atoms with E-state index in [1.165, 1.54) is 0 Å². The summed E-state index contributed by atoms with van der Waals surface area (Å²) in [6.07, 6.45) is 4.32. The second-order valence-electron chi connectivity index (χ2n) is 5.67. The molecule has 0 unspecified atom stereocenters. The van der Waals surface area contributed by atoms with Gasteiger partial charge in [-0.1, -0.05) is 43.1 Å². The van der Waals surface area contributed by atoms with Crippen LogP contribution in [0.3, 0.4) is 0 Å². The van der Waals surface area contributed by atoms with Gasteiger partial charge in [0.1, 0.15) is 11.3 Å². The zero-order chi connectivity index (χ0) is 16.2. The molecule has 0 bridgehead atoms. The van der Waals surface area contributed by atoms with Crippen LogP contribution in [0.5, 0.6) is 0 Å². The SMILES string of the molecule is CCCCNc1nc(C)nc2ccn(Cc3ccccc3Cl)c12.